The maximum atomic E-state index is 12.7. The highest BCUT2D eigenvalue weighted by Gasteiger charge is 2.33. The quantitative estimate of drug-likeness (QED) is 0.476. The Morgan fingerprint density at radius 3 is 2.52 bits per heavy atom. The predicted octanol–water partition coefficient (Wildman–Crippen LogP) is 4.35. The number of aromatic carboxylic acids is 1. The van der Waals surface area contributed by atoms with Gasteiger partial charge < -0.3 is 14.8 Å². The van der Waals surface area contributed by atoms with E-state index in [4.69, 9.17) is 4.42 Å². The van der Waals surface area contributed by atoms with Crippen LogP contribution in [0.3, 0.4) is 0 Å². The molecule has 0 spiro atoms. The van der Waals surface area contributed by atoms with Crippen molar-refractivity contribution in [2.24, 2.45) is 0 Å². The second kappa shape index (κ2) is 7.95. The molecule has 3 aromatic rings. The molecule has 31 heavy (non-hydrogen) atoms. The molecule has 0 radical (unpaired) electrons. The van der Waals surface area contributed by atoms with Gasteiger partial charge in [-0.2, -0.15) is 0 Å². The molecule has 7 nitrogen and oxygen atoms in total. The Bertz CT molecular complexity index is 1220. The van der Waals surface area contributed by atoms with Crippen LogP contribution in [0.2, 0.25) is 0 Å². The summed E-state index contributed by atoms with van der Waals surface area (Å²) in [5, 5.41) is 11.9. The third-order valence-corrected chi connectivity index (χ3v) is 5.17. The van der Waals surface area contributed by atoms with Crippen LogP contribution in [-0.2, 0) is 11.3 Å². The predicted molar refractivity (Wildman–Crippen MR) is 114 cm³/mol. The lowest BCUT2D eigenvalue weighted by atomic mass is 10.0. The molecule has 2 aromatic carbocycles. The van der Waals surface area contributed by atoms with E-state index >= 15 is 0 Å². The Hall–Kier alpha value is -4.13. The number of rotatable bonds is 5. The van der Waals surface area contributed by atoms with E-state index in [1.807, 2.05) is 31.2 Å². The molecule has 156 valence electrons. The van der Waals surface area contributed by atoms with Gasteiger partial charge in [0.25, 0.3) is 5.91 Å². The highest BCUT2D eigenvalue weighted by atomic mass is 16.4. The van der Waals surface area contributed by atoms with E-state index in [2.05, 4.69) is 5.32 Å². The fourth-order valence-corrected chi connectivity index (χ4v) is 3.44. The van der Waals surface area contributed by atoms with E-state index in [1.165, 1.54) is 12.1 Å². The van der Waals surface area contributed by atoms with Crippen LogP contribution < -0.4 is 5.32 Å². The first-order valence-electron chi connectivity index (χ1n) is 9.66. The van der Waals surface area contributed by atoms with Gasteiger partial charge in [-0.05, 0) is 43.2 Å². The van der Waals surface area contributed by atoms with Gasteiger partial charge in [-0.3, -0.25) is 9.69 Å². The summed E-state index contributed by atoms with van der Waals surface area (Å²) in [6.45, 7) is 3.85. The minimum atomic E-state index is -1.01. The van der Waals surface area contributed by atoms with Crippen molar-refractivity contribution in [2.75, 3.05) is 0 Å². The summed E-state index contributed by atoms with van der Waals surface area (Å²) in [5.74, 6) is -0.606. The molecule has 1 aliphatic rings. The second-order valence-corrected chi connectivity index (χ2v) is 7.35. The van der Waals surface area contributed by atoms with Crippen molar-refractivity contribution >= 4 is 24.0 Å². The monoisotopic (exact) mass is 416 g/mol. The molecule has 7 heteroatoms. The SMILES string of the molecule is Cc1ccc(CN2C(=O)NC(=Cc3ccc(-c4cccc(C(=O)O)c4C)o3)C2=O)cc1. The molecular formula is C24H20N2O5. The number of imide groups is 1. The minimum Gasteiger partial charge on any atom is -0.478 e. The Balaban J connectivity index is 1.56. The topological polar surface area (TPSA) is 99.8 Å². The first-order valence-corrected chi connectivity index (χ1v) is 9.66. The van der Waals surface area contributed by atoms with E-state index < -0.39 is 17.9 Å². The van der Waals surface area contributed by atoms with Gasteiger partial charge in [0.1, 0.15) is 17.2 Å². The lowest BCUT2D eigenvalue weighted by molar-refractivity contribution is -0.123. The Kier molecular flexibility index (Phi) is 5.17. The van der Waals surface area contributed by atoms with Gasteiger partial charge in [0, 0.05) is 11.6 Å². The van der Waals surface area contributed by atoms with Gasteiger partial charge in [-0.1, -0.05) is 42.0 Å². The third-order valence-electron chi connectivity index (χ3n) is 5.17. The van der Waals surface area contributed by atoms with Crippen LogP contribution in [0.5, 0.6) is 0 Å². The molecule has 2 heterocycles. The summed E-state index contributed by atoms with van der Waals surface area (Å²) in [6.07, 6.45) is 1.47. The maximum Gasteiger partial charge on any atom is 0.335 e. The lowest BCUT2D eigenvalue weighted by Crippen LogP contribution is -2.30. The zero-order chi connectivity index (χ0) is 22.1. The number of carbonyl (C=O) groups excluding carboxylic acids is 2. The van der Waals surface area contributed by atoms with Gasteiger partial charge in [0.05, 0.1) is 12.1 Å². The van der Waals surface area contributed by atoms with E-state index in [0.29, 0.717) is 22.6 Å². The van der Waals surface area contributed by atoms with Crippen LogP contribution >= 0.6 is 0 Å². The number of urea groups is 1. The van der Waals surface area contributed by atoms with Crippen molar-refractivity contribution in [3.05, 3.63) is 88.3 Å². The van der Waals surface area contributed by atoms with E-state index in [9.17, 15) is 19.5 Å². The molecule has 3 amide bonds. The van der Waals surface area contributed by atoms with Gasteiger partial charge in [0.2, 0.25) is 0 Å². The van der Waals surface area contributed by atoms with Crippen molar-refractivity contribution in [1.29, 1.82) is 0 Å². The van der Waals surface area contributed by atoms with Crippen molar-refractivity contribution in [3.8, 4) is 11.3 Å². The molecule has 4 rings (SSSR count). The summed E-state index contributed by atoms with van der Waals surface area (Å²) >= 11 is 0. The molecule has 0 saturated carbocycles. The molecule has 1 aliphatic heterocycles. The third kappa shape index (κ3) is 3.98. The van der Waals surface area contributed by atoms with Gasteiger partial charge >= 0.3 is 12.0 Å². The average Bonchev–Trinajstić information content (AvgIpc) is 3.30. The standard InChI is InChI=1S/C24H20N2O5/c1-14-6-8-16(9-7-14)13-26-22(27)20(25-24(26)30)12-17-10-11-21(31-17)18-4-3-5-19(15(18)2)23(28)29/h3-12H,13H2,1-2H3,(H,25,30)(H,28,29). The average molecular weight is 416 g/mol. The van der Waals surface area contributed by atoms with Crippen LogP contribution in [0.4, 0.5) is 4.79 Å². The number of carboxylic acids is 1. The first-order chi connectivity index (χ1) is 14.8. The number of furan rings is 1. The molecule has 1 saturated heterocycles. The van der Waals surface area contributed by atoms with Gasteiger partial charge in [-0.25, -0.2) is 9.59 Å². The minimum absolute atomic E-state index is 0.119. The largest absolute Gasteiger partial charge is 0.478 e. The number of benzene rings is 2. The number of amides is 3. The highest BCUT2D eigenvalue weighted by Crippen LogP contribution is 2.29. The van der Waals surface area contributed by atoms with Crippen LogP contribution in [0.15, 0.2) is 64.7 Å². The smallest absolute Gasteiger partial charge is 0.335 e. The van der Waals surface area contributed by atoms with E-state index in [-0.39, 0.29) is 17.8 Å². The number of nitrogens with zero attached hydrogens (tertiary/aromatic N) is 1. The summed E-state index contributed by atoms with van der Waals surface area (Å²) in [6, 6.07) is 15.4. The van der Waals surface area contributed by atoms with Crippen LogP contribution in [0.25, 0.3) is 17.4 Å². The molecule has 1 aromatic heterocycles. The van der Waals surface area contributed by atoms with Gasteiger partial charge in [-0.15, -0.1) is 0 Å². The van der Waals surface area contributed by atoms with Crippen LogP contribution in [0.1, 0.15) is 32.8 Å². The van der Waals surface area contributed by atoms with E-state index in [0.717, 1.165) is 16.0 Å². The normalized spacial score (nSPS) is 14.9. The number of carbonyl (C=O) groups is 3. The summed E-state index contributed by atoms with van der Waals surface area (Å²) < 4.78 is 5.81. The Morgan fingerprint density at radius 2 is 1.81 bits per heavy atom. The zero-order valence-electron chi connectivity index (χ0n) is 17.0. The Labute approximate surface area is 178 Å². The molecular weight excluding hydrogens is 396 g/mol. The lowest BCUT2D eigenvalue weighted by Gasteiger charge is -2.11. The number of carboxylic acid groups (broad SMARTS) is 1. The van der Waals surface area contributed by atoms with Crippen LogP contribution in [-0.4, -0.2) is 27.9 Å². The van der Waals surface area contributed by atoms with Crippen LogP contribution in [0, 0.1) is 13.8 Å². The number of aryl methyl sites for hydroxylation is 1. The summed E-state index contributed by atoms with van der Waals surface area (Å²) in [4.78, 5) is 37.5. The number of hydrogen-bond acceptors (Lipinski definition) is 4. The maximum absolute atomic E-state index is 12.7. The first kappa shape index (κ1) is 20.2. The van der Waals surface area contributed by atoms with E-state index in [1.54, 1.807) is 31.2 Å². The summed E-state index contributed by atoms with van der Waals surface area (Å²) in [7, 11) is 0. The molecule has 0 bridgehead atoms. The summed E-state index contributed by atoms with van der Waals surface area (Å²) in [5.41, 5.74) is 3.49. The zero-order valence-corrected chi connectivity index (χ0v) is 17.0. The fraction of sp³-hybridized carbons (Fsp3) is 0.125. The van der Waals surface area contributed by atoms with Crippen molar-refractivity contribution < 1.29 is 23.9 Å². The fourth-order valence-electron chi connectivity index (χ4n) is 3.44. The van der Waals surface area contributed by atoms with Crippen molar-refractivity contribution in [1.82, 2.24) is 10.2 Å². The number of nitrogens with one attached hydrogen (secondary N) is 1. The van der Waals surface area contributed by atoms with Crippen molar-refractivity contribution in [3.63, 3.8) is 0 Å². The molecule has 0 aliphatic carbocycles. The Morgan fingerprint density at radius 1 is 1.06 bits per heavy atom. The number of hydrogen-bond donors (Lipinski definition) is 2. The molecule has 1 fully saturated rings. The molecule has 0 atom stereocenters. The highest BCUT2D eigenvalue weighted by molar-refractivity contribution is 6.13. The van der Waals surface area contributed by atoms with Gasteiger partial charge in [0.15, 0.2) is 0 Å². The van der Waals surface area contributed by atoms with Crippen molar-refractivity contribution in [2.45, 2.75) is 20.4 Å². The second-order valence-electron chi connectivity index (χ2n) is 7.35. The molecule has 0 unspecified atom stereocenters. The molecule has 2 N–H and O–H groups in total.